The van der Waals surface area contributed by atoms with Gasteiger partial charge in [0.2, 0.25) is 0 Å². The van der Waals surface area contributed by atoms with E-state index in [9.17, 15) is 0 Å². The molecule has 0 aliphatic rings. The molecule has 0 saturated heterocycles. The van der Waals surface area contributed by atoms with Crippen LogP contribution in [0.15, 0.2) is 23.9 Å². The SMILES string of the molecule is CCCCC=C/C(=C/CCCC)N(C)C. The molecule has 15 heavy (non-hydrogen) atoms. The Morgan fingerprint density at radius 3 is 2.13 bits per heavy atom. The van der Waals surface area contributed by atoms with Crippen LogP contribution in [0.1, 0.15) is 52.4 Å². The zero-order valence-corrected chi connectivity index (χ0v) is 10.9. The number of likely N-dealkylation sites (N-methyl/N-ethyl adjacent to an activating group) is 1. The van der Waals surface area contributed by atoms with Crippen LogP contribution in [0.25, 0.3) is 0 Å². The molecule has 0 radical (unpaired) electrons. The molecule has 0 spiro atoms. The lowest BCUT2D eigenvalue weighted by Crippen LogP contribution is -2.09. The van der Waals surface area contributed by atoms with E-state index in [1.165, 1.54) is 44.2 Å². The molecule has 0 heterocycles. The van der Waals surface area contributed by atoms with Crippen LogP contribution in [-0.4, -0.2) is 19.0 Å². The Morgan fingerprint density at radius 2 is 1.60 bits per heavy atom. The molecule has 0 saturated carbocycles. The van der Waals surface area contributed by atoms with Gasteiger partial charge in [0.05, 0.1) is 0 Å². The predicted octanol–water partition coefficient (Wildman–Crippen LogP) is 4.37. The molecule has 0 unspecified atom stereocenters. The average Bonchev–Trinajstić information content (AvgIpc) is 2.21. The summed E-state index contributed by atoms with van der Waals surface area (Å²) in [6, 6.07) is 0. The van der Waals surface area contributed by atoms with E-state index in [1.807, 2.05) is 0 Å². The van der Waals surface area contributed by atoms with Gasteiger partial charge in [-0.15, -0.1) is 0 Å². The first kappa shape index (κ1) is 14.3. The molecule has 0 aromatic rings. The van der Waals surface area contributed by atoms with E-state index < -0.39 is 0 Å². The number of hydrogen-bond donors (Lipinski definition) is 0. The Bertz CT molecular complexity index is 190. The largest absolute Gasteiger partial charge is 0.378 e. The van der Waals surface area contributed by atoms with E-state index in [0.717, 1.165) is 0 Å². The standard InChI is InChI=1S/C14H27N/c1-5-7-9-11-13-14(15(3)4)12-10-8-6-2/h11-13H,5-10H2,1-4H3/b13-11?,14-12-. The van der Waals surface area contributed by atoms with E-state index >= 15 is 0 Å². The number of hydrogen-bond acceptors (Lipinski definition) is 1. The quantitative estimate of drug-likeness (QED) is 0.424. The third-order valence-electron chi connectivity index (χ3n) is 2.44. The summed E-state index contributed by atoms with van der Waals surface area (Å²) in [5, 5.41) is 0. The van der Waals surface area contributed by atoms with Crippen molar-refractivity contribution in [3.63, 3.8) is 0 Å². The summed E-state index contributed by atoms with van der Waals surface area (Å²) in [5.41, 5.74) is 1.35. The van der Waals surface area contributed by atoms with Crippen LogP contribution >= 0.6 is 0 Å². The molecule has 0 N–H and O–H groups in total. The van der Waals surface area contributed by atoms with E-state index in [2.05, 4.69) is 51.1 Å². The minimum absolute atomic E-state index is 1.20. The number of unbranched alkanes of at least 4 members (excludes halogenated alkanes) is 4. The zero-order valence-electron chi connectivity index (χ0n) is 10.9. The van der Waals surface area contributed by atoms with Gasteiger partial charge < -0.3 is 4.90 Å². The predicted molar refractivity (Wildman–Crippen MR) is 70.0 cm³/mol. The summed E-state index contributed by atoms with van der Waals surface area (Å²) in [6.45, 7) is 4.47. The van der Waals surface area contributed by atoms with E-state index in [4.69, 9.17) is 0 Å². The monoisotopic (exact) mass is 209 g/mol. The number of allylic oxidation sites excluding steroid dienone is 3. The maximum atomic E-state index is 2.34. The summed E-state index contributed by atoms with van der Waals surface area (Å²) >= 11 is 0. The molecule has 0 aromatic heterocycles. The molecular weight excluding hydrogens is 182 g/mol. The molecule has 0 aliphatic heterocycles. The van der Waals surface area contributed by atoms with Gasteiger partial charge in [-0.1, -0.05) is 51.7 Å². The molecular formula is C14H27N. The molecule has 1 nitrogen and oxygen atoms in total. The van der Waals surface area contributed by atoms with Crippen LogP contribution in [0.5, 0.6) is 0 Å². The van der Waals surface area contributed by atoms with Crippen LogP contribution in [-0.2, 0) is 0 Å². The van der Waals surface area contributed by atoms with Crippen molar-refractivity contribution in [3.8, 4) is 0 Å². The molecule has 88 valence electrons. The summed E-state index contributed by atoms with van der Waals surface area (Å²) < 4.78 is 0. The summed E-state index contributed by atoms with van der Waals surface area (Å²) in [7, 11) is 4.23. The average molecular weight is 209 g/mol. The first-order valence-corrected chi connectivity index (χ1v) is 6.26. The summed E-state index contributed by atoms with van der Waals surface area (Å²) in [4.78, 5) is 2.19. The second-order valence-electron chi connectivity index (χ2n) is 4.21. The molecule has 0 bridgehead atoms. The minimum Gasteiger partial charge on any atom is -0.378 e. The zero-order chi connectivity index (χ0) is 11.5. The van der Waals surface area contributed by atoms with Crippen LogP contribution in [0.2, 0.25) is 0 Å². The fourth-order valence-corrected chi connectivity index (χ4v) is 1.38. The molecule has 0 fully saturated rings. The highest BCUT2D eigenvalue weighted by Gasteiger charge is 1.93. The van der Waals surface area contributed by atoms with Crippen molar-refractivity contribution < 1.29 is 0 Å². The maximum absolute atomic E-state index is 2.34. The molecule has 0 aliphatic carbocycles. The second-order valence-corrected chi connectivity index (χ2v) is 4.21. The van der Waals surface area contributed by atoms with Gasteiger partial charge in [0.15, 0.2) is 0 Å². The third-order valence-corrected chi connectivity index (χ3v) is 2.44. The van der Waals surface area contributed by atoms with Crippen molar-refractivity contribution >= 4 is 0 Å². The Labute approximate surface area is 95.9 Å². The normalized spacial score (nSPS) is 12.4. The van der Waals surface area contributed by atoms with Crippen molar-refractivity contribution in [2.45, 2.75) is 52.4 Å². The van der Waals surface area contributed by atoms with Crippen molar-refractivity contribution in [3.05, 3.63) is 23.9 Å². The molecule has 0 aromatic carbocycles. The third kappa shape index (κ3) is 8.29. The molecule has 1 heteroatoms. The highest BCUT2D eigenvalue weighted by atomic mass is 15.1. The minimum atomic E-state index is 1.20. The Morgan fingerprint density at radius 1 is 1.00 bits per heavy atom. The van der Waals surface area contributed by atoms with Crippen LogP contribution in [0, 0.1) is 0 Å². The highest BCUT2D eigenvalue weighted by molar-refractivity contribution is 5.16. The van der Waals surface area contributed by atoms with Crippen LogP contribution in [0.3, 0.4) is 0 Å². The van der Waals surface area contributed by atoms with Gasteiger partial charge in [0, 0.05) is 19.8 Å². The van der Waals surface area contributed by atoms with E-state index in [0.29, 0.717) is 0 Å². The summed E-state index contributed by atoms with van der Waals surface area (Å²) in [5.74, 6) is 0. The van der Waals surface area contributed by atoms with Crippen LogP contribution in [0.4, 0.5) is 0 Å². The number of nitrogens with zero attached hydrogens (tertiary/aromatic N) is 1. The fourth-order valence-electron chi connectivity index (χ4n) is 1.38. The Balaban J connectivity index is 4.03. The summed E-state index contributed by atoms with van der Waals surface area (Å²) in [6.07, 6.45) is 14.4. The van der Waals surface area contributed by atoms with Crippen molar-refractivity contribution in [1.29, 1.82) is 0 Å². The van der Waals surface area contributed by atoms with Gasteiger partial charge in [-0.3, -0.25) is 0 Å². The van der Waals surface area contributed by atoms with Crippen molar-refractivity contribution in [1.82, 2.24) is 4.90 Å². The Kier molecular flexibility index (Phi) is 9.35. The van der Waals surface area contributed by atoms with Crippen LogP contribution < -0.4 is 0 Å². The van der Waals surface area contributed by atoms with Gasteiger partial charge in [-0.25, -0.2) is 0 Å². The topological polar surface area (TPSA) is 3.24 Å². The lowest BCUT2D eigenvalue weighted by Gasteiger charge is -2.13. The van der Waals surface area contributed by atoms with E-state index in [-0.39, 0.29) is 0 Å². The first-order chi connectivity index (χ1) is 7.22. The van der Waals surface area contributed by atoms with Gasteiger partial charge in [0.1, 0.15) is 0 Å². The van der Waals surface area contributed by atoms with Gasteiger partial charge in [-0.2, -0.15) is 0 Å². The second kappa shape index (κ2) is 9.82. The Hall–Kier alpha value is -0.720. The van der Waals surface area contributed by atoms with Gasteiger partial charge >= 0.3 is 0 Å². The van der Waals surface area contributed by atoms with Crippen molar-refractivity contribution in [2.75, 3.05) is 14.1 Å². The smallest absolute Gasteiger partial charge is 0.0317 e. The highest BCUT2D eigenvalue weighted by Crippen LogP contribution is 2.07. The molecule has 0 atom stereocenters. The first-order valence-electron chi connectivity index (χ1n) is 6.26. The number of rotatable bonds is 8. The molecule has 0 rings (SSSR count). The van der Waals surface area contributed by atoms with E-state index in [1.54, 1.807) is 0 Å². The van der Waals surface area contributed by atoms with Gasteiger partial charge in [-0.05, 0) is 18.9 Å². The maximum Gasteiger partial charge on any atom is 0.0317 e. The lowest BCUT2D eigenvalue weighted by atomic mass is 10.2. The fraction of sp³-hybridized carbons (Fsp3) is 0.714. The van der Waals surface area contributed by atoms with Crippen molar-refractivity contribution in [2.24, 2.45) is 0 Å². The molecule has 0 amide bonds. The lowest BCUT2D eigenvalue weighted by molar-refractivity contribution is 0.525. The van der Waals surface area contributed by atoms with Gasteiger partial charge in [0.25, 0.3) is 0 Å².